The molecule has 1 atom stereocenters. The first-order chi connectivity index (χ1) is 8.65. The van der Waals surface area contributed by atoms with Gasteiger partial charge in [0.05, 0.1) is 5.69 Å². The smallest absolute Gasteiger partial charge is 0.222 e. The summed E-state index contributed by atoms with van der Waals surface area (Å²) in [5, 5.41) is 0.586. The fraction of sp³-hybridized carbons (Fsp3) is 0.231. The van der Waals surface area contributed by atoms with Crippen LogP contribution in [0.25, 0.3) is 0 Å². The molecule has 0 spiro atoms. The van der Waals surface area contributed by atoms with Crippen LogP contribution in [0.5, 0.6) is 0 Å². The van der Waals surface area contributed by atoms with Gasteiger partial charge < -0.3 is 0 Å². The topological polar surface area (TPSA) is 25.8 Å². The molecule has 18 heavy (non-hydrogen) atoms. The predicted octanol–water partition coefficient (Wildman–Crippen LogP) is 4.00. The monoisotopic (exact) mass is 282 g/mol. The molecule has 2 nitrogen and oxygen atoms in total. The summed E-state index contributed by atoms with van der Waals surface area (Å²) in [6.07, 6.45) is 1.73. The Kier molecular flexibility index (Phi) is 2.96. The lowest BCUT2D eigenvalue weighted by atomic mass is 9.97. The van der Waals surface area contributed by atoms with Crippen molar-refractivity contribution in [1.29, 1.82) is 0 Å². The third kappa shape index (κ3) is 1.98. The van der Waals surface area contributed by atoms with E-state index in [2.05, 4.69) is 9.97 Å². The Morgan fingerprint density at radius 1 is 1.11 bits per heavy atom. The molecule has 1 aromatic heterocycles. The summed E-state index contributed by atoms with van der Waals surface area (Å²) in [4.78, 5) is 8.22. The molecule has 5 heteroatoms. The minimum atomic E-state index is -0.240. The van der Waals surface area contributed by atoms with Crippen molar-refractivity contribution in [1.82, 2.24) is 9.97 Å². The molecule has 1 aliphatic carbocycles. The van der Waals surface area contributed by atoms with Gasteiger partial charge in [0.2, 0.25) is 5.28 Å². The van der Waals surface area contributed by atoms with Gasteiger partial charge in [-0.3, -0.25) is 0 Å². The number of aromatic nitrogens is 2. The van der Waals surface area contributed by atoms with Crippen molar-refractivity contribution >= 4 is 23.2 Å². The maximum absolute atomic E-state index is 12.9. The number of halogens is 3. The number of nitrogens with zero attached hydrogens (tertiary/aromatic N) is 2. The molecular weight excluding hydrogens is 274 g/mol. The van der Waals surface area contributed by atoms with Gasteiger partial charge in [0, 0.05) is 11.5 Å². The van der Waals surface area contributed by atoms with Crippen molar-refractivity contribution in [2.75, 3.05) is 0 Å². The Hall–Kier alpha value is -1.19. The molecular formula is C13H9Cl2FN2. The molecule has 1 heterocycles. The Bertz CT molecular complexity index is 599. The van der Waals surface area contributed by atoms with E-state index in [1.165, 1.54) is 12.1 Å². The molecule has 0 radical (unpaired) electrons. The van der Waals surface area contributed by atoms with E-state index in [1.54, 1.807) is 12.1 Å². The molecule has 0 saturated heterocycles. The van der Waals surface area contributed by atoms with Crippen molar-refractivity contribution < 1.29 is 4.39 Å². The van der Waals surface area contributed by atoms with Crippen LogP contribution >= 0.6 is 23.2 Å². The highest BCUT2D eigenvalue weighted by Crippen LogP contribution is 2.39. The molecule has 0 amide bonds. The van der Waals surface area contributed by atoms with E-state index in [0.29, 0.717) is 5.15 Å². The summed E-state index contributed by atoms with van der Waals surface area (Å²) in [6, 6.07) is 6.47. The molecule has 0 saturated carbocycles. The lowest BCUT2D eigenvalue weighted by Gasteiger charge is -2.11. The second-order valence-corrected chi connectivity index (χ2v) is 4.99. The van der Waals surface area contributed by atoms with Crippen molar-refractivity contribution in [2.24, 2.45) is 0 Å². The number of hydrogen-bond donors (Lipinski definition) is 0. The molecule has 2 aromatic rings. The highest BCUT2D eigenvalue weighted by Gasteiger charge is 2.28. The van der Waals surface area contributed by atoms with Crippen LogP contribution in [0.4, 0.5) is 4.39 Å². The van der Waals surface area contributed by atoms with Crippen LogP contribution in [-0.4, -0.2) is 9.97 Å². The lowest BCUT2D eigenvalue weighted by molar-refractivity contribution is 0.625. The van der Waals surface area contributed by atoms with Crippen LogP contribution in [0.15, 0.2) is 24.3 Å². The number of fused-ring (bicyclic) bond motifs is 1. The van der Waals surface area contributed by atoms with E-state index in [-0.39, 0.29) is 17.0 Å². The van der Waals surface area contributed by atoms with E-state index in [0.717, 1.165) is 29.7 Å². The van der Waals surface area contributed by atoms with Gasteiger partial charge in [-0.2, -0.15) is 0 Å². The first-order valence-electron chi connectivity index (χ1n) is 5.62. The van der Waals surface area contributed by atoms with Crippen LogP contribution in [0, 0.1) is 5.82 Å². The lowest BCUT2D eigenvalue weighted by Crippen LogP contribution is -2.01. The normalized spacial score (nSPS) is 17.8. The van der Waals surface area contributed by atoms with Gasteiger partial charge >= 0.3 is 0 Å². The van der Waals surface area contributed by atoms with E-state index in [4.69, 9.17) is 23.2 Å². The van der Waals surface area contributed by atoms with Crippen molar-refractivity contribution in [3.63, 3.8) is 0 Å². The summed E-state index contributed by atoms with van der Waals surface area (Å²) in [7, 11) is 0. The van der Waals surface area contributed by atoms with Crippen molar-refractivity contribution in [3.05, 3.63) is 57.3 Å². The minimum Gasteiger partial charge on any atom is -0.222 e. The number of rotatable bonds is 1. The van der Waals surface area contributed by atoms with Gasteiger partial charge in [0.25, 0.3) is 0 Å². The highest BCUT2D eigenvalue weighted by atomic mass is 35.5. The largest absolute Gasteiger partial charge is 0.224 e. The maximum atomic E-state index is 12.9. The fourth-order valence-electron chi connectivity index (χ4n) is 2.41. The van der Waals surface area contributed by atoms with Gasteiger partial charge in [0.1, 0.15) is 11.0 Å². The van der Waals surface area contributed by atoms with E-state index >= 15 is 0 Å². The zero-order valence-corrected chi connectivity index (χ0v) is 10.8. The van der Waals surface area contributed by atoms with Gasteiger partial charge in [-0.05, 0) is 42.1 Å². The molecule has 1 aliphatic rings. The van der Waals surface area contributed by atoms with Crippen LogP contribution < -0.4 is 0 Å². The molecule has 0 bridgehead atoms. The Labute approximate surface area is 114 Å². The van der Waals surface area contributed by atoms with E-state index in [9.17, 15) is 4.39 Å². The summed E-state index contributed by atoms with van der Waals surface area (Å²) >= 11 is 11.9. The predicted molar refractivity (Wildman–Crippen MR) is 68.6 cm³/mol. The molecule has 3 rings (SSSR count). The van der Waals surface area contributed by atoms with Crippen molar-refractivity contribution in [2.45, 2.75) is 18.8 Å². The highest BCUT2D eigenvalue weighted by molar-refractivity contribution is 6.32. The quantitative estimate of drug-likeness (QED) is 0.584. The van der Waals surface area contributed by atoms with Gasteiger partial charge in [-0.1, -0.05) is 23.7 Å². The second-order valence-electron chi connectivity index (χ2n) is 4.29. The number of hydrogen-bond acceptors (Lipinski definition) is 2. The molecule has 0 fully saturated rings. The Morgan fingerprint density at radius 3 is 2.56 bits per heavy atom. The zero-order valence-electron chi connectivity index (χ0n) is 9.33. The maximum Gasteiger partial charge on any atom is 0.224 e. The third-order valence-corrected chi connectivity index (χ3v) is 3.73. The SMILES string of the molecule is Fc1ccc([C@@H]2CCc3c(Cl)nc(Cl)nc32)cc1. The standard InChI is InChI=1S/C13H9Cl2FN2/c14-12-10-6-5-9(11(10)17-13(15)18-12)7-1-3-8(16)4-2-7/h1-4,9H,5-6H2/t9-/m0/s1. The summed E-state index contributed by atoms with van der Waals surface area (Å²) < 4.78 is 12.9. The van der Waals surface area contributed by atoms with Crippen LogP contribution in [0.2, 0.25) is 10.4 Å². The van der Waals surface area contributed by atoms with Gasteiger partial charge in [-0.25, -0.2) is 14.4 Å². The minimum absolute atomic E-state index is 0.124. The molecule has 0 unspecified atom stereocenters. The van der Waals surface area contributed by atoms with E-state index in [1.807, 2.05) is 0 Å². The first kappa shape index (κ1) is 11.9. The Morgan fingerprint density at radius 2 is 1.83 bits per heavy atom. The third-order valence-electron chi connectivity index (χ3n) is 3.25. The molecule has 0 aliphatic heterocycles. The van der Waals surface area contributed by atoms with E-state index < -0.39 is 0 Å². The number of benzene rings is 1. The van der Waals surface area contributed by atoms with Gasteiger partial charge in [-0.15, -0.1) is 0 Å². The van der Waals surface area contributed by atoms with Crippen LogP contribution in [0.1, 0.15) is 29.2 Å². The molecule has 92 valence electrons. The average Bonchev–Trinajstić information content (AvgIpc) is 2.74. The first-order valence-corrected chi connectivity index (χ1v) is 6.38. The van der Waals surface area contributed by atoms with Crippen LogP contribution in [0.3, 0.4) is 0 Å². The van der Waals surface area contributed by atoms with Crippen LogP contribution in [-0.2, 0) is 6.42 Å². The summed E-state index contributed by atoms with van der Waals surface area (Å²) in [5.74, 6) is -0.116. The zero-order chi connectivity index (χ0) is 12.7. The summed E-state index contributed by atoms with van der Waals surface area (Å²) in [6.45, 7) is 0. The molecule has 0 N–H and O–H groups in total. The average molecular weight is 283 g/mol. The Balaban J connectivity index is 2.07. The second kappa shape index (κ2) is 4.48. The van der Waals surface area contributed by atoms with Gasteiger partial charge in [0.15, 0.2) is 0 Å². The van der Waals surface area contributed by atoms with Crippen molar-refractivity contribution in [3.8, 4) is 0 Å². The molecule has 1 aromatic carbocycles. The summed E-state index contributed by atoms with van der Waals surface area (Å²) in [5.41, 5.74) is 2.85. The fourth-order valence-corrected chi connectivity index (χ4v) is 2.90.